The number of hydrogen-bond acceptors (Lipinski definition) is 13. The van der Waals surface area contributed by atoms with Crippen molar-refractivity contribution in [3.63, 3.8) is 0 Å². The van der Waals surface area contributed by atoms with Crippen LogP contribution in [0.5, 0.6) is 0 Å². The van der Waals surface area contributed by atoms with Crippen LogP contribution in [-0.2, 0) is 59.1 Å². The molecule has 1 aromatic heterocycles. The van der Waals surface area contributed by atoms with Gasteiger partial charge in [0.2, 0.25) is 5.91 Å². The lowest BCUT2D eigenvalue weighted by Crippen LogP contribution is -2.44. The largest absolute Gasteiger partial charge is 0.490 e. The van der Waals surface area contributed by atoms with E-state index in [1.807, 2.05) is 55.7 Å². The molecule has 0 spiro atoms. The van der Waals surface area contributed by atoms with Crippen molar-refractivity contribution in [2.45, 2.75) is 78.1 Å². The van der Waals surface area contributed by atoms with Crippen LogP contribution in [0.1, 0.15) is 76.6 Å². The second-order valence-corrected chi connectivity index (χ2v) is 19.3. The van der Waals surface area contributed by atoms with Crippen molar-refractivity contribution in [1.29, 1.82) is 0 Å². The Balaban J connectivity index is 0.00000197. The van der Waals surface area contributed by atoms with Gasteiger partial charge in [-0.3, -0.25) is 33.7 Å². The van der Waals surface area contributed by atoms with Crippen LogP contribution in [0.25, 0.3) is 11.1 Å². The molecule has 0 aliphatic carbocycles. The van der Waals surface area contributed by atoms with Crippen molar-refractivity contribution >= 4 is 53.0 Å². The molecule has 0 saturated carbocycles. The normalized spacial score (nSPS) is 13.4. The zero-order chi connectivity index (χ0) is 55.6. The number of halogens is 5. The Morgan fingerprint density at radius 2 is 1.35 bits per heavy atom. The van der Waals surface area contributed by atoms with Crippen LogP contribution in [0, 0.1) is 23.0 Å². The zero-order valence-electron chi connectivity index (χ0n) is 42.3. The Kier molecular flexibility index (Phi) is 27.5. The number of aromatic nitrogens is 1. The third kappa shape index (κ3) is 23.3. The molecule has 4 rings (SSSR count). The number of benzene rings is 2. The smallest absolute Gasteiger partial charge is 0.481 e. The number of carbonyl (C=O) groups is 7. The second-order valence-electron chi connectivity index (χ2n) is 18.2. The second kappa shape index (κ2) is 32.6. The first-order valence-electron chi connectivity index (χ1n) is 24.2. The standard InChI is InChI=1S/C50H66F2N4O11S.C2HF3O2/c1-50(2,3)48(44-30-37(42-31-39(51)12-13-43(42)52)33-54(44)32-36-9-5-4-6-10-36)56(19-8-18-53)47(61)35-68-34-38(49(62)63)29-41(58)17-22-65-24-26-67-28-27-66-25-23-64-21-7-11-40(57)16-20-55-45(59)14-15-46(55)60;3-2(4,5)1(6)7/h4-6,9-10,12-15,30-31,33,38,48H,7-8,11,16-29,32,34-35,53H2,1-3H3,(H,62,63);(H,6,7)/t38-,48-;/m0./s1. The molecule has 0 radical (unpaired) electrons. The number of alkyl halides is 3. The summed E-state index contributed by atoms with van der Waals surface area (Å²) in [6, 6.07) is 14.2. The number of aliphatic carboxylic acids is 2. The van der Waals surface area contributed by atoms with Crippen molar-refractivity contribution in [2.75, 3.05) is 84.0 Å². The van der Waals surface area contributed by atoms with Gasteiger partial charge in [-0.15, -0.1) is 0 Å². The fraction of sp³-hybridized carbons (Fsp3) is 0.519. The van der Waals surface area contributed by atoms with Gasteiger partial charge in [-0.05, 0) is 54.6 Å². The van der Waals surface area contributed by atoms with E-state index in [1.54, 1.807) is 17.2 Å². The lowest BCUT2D eigenvalue weighted by Gasteiger charge is -2.41. The highest BCUT2D eigenvalue weighted by molar-refractivity contribution is 7.99. The van der Waals surface area contributed by atoms with E-state index in [1.165, 1.54) is 12.2 Å². The summed E-state index contributed by atoms with van der Waals surface area (Å²) in [4.78, 5) is 86.1. The van der Waals surface area contributed by atoms with Crippen LogP contribution < -0.4 is 5.73 Å². The molecule has 0 saturated heterocycles. The monoisotopic (exact) mass is 1080 g/mol. The minimum atomic E-state index is -5.08. The fourth-order valence-electron chi connectivity index (χ4n) is 7.57. The highest BCUT2D eigenvalue weighted by atomic mass is 32.2. The molecular formula is C52H67F5N4O13S. The number of Topliss-reactive ketones (excluding diaryl/α,β-unsaturated/α-hetero) is 2. The van der Waals surface area contributed by atoms with Crippen LogP contribution in [0.4, 0.5) is 22.0 Å². The SMILES string of the molecule is CC(C)(C)[C@H](c1cc(-c2cc(F)ccc2F)cn1Cc1ccccc1)N(CCCN)C(=O)CSC[C@H](CC(=O)CCOCCOCCOCCOCCCC(=O)CCN1C(=O)C=CC1=O)C(=O)O.O=C(O)C(F)(F)F. The molecule has 17 nitrogen and oxygen atoms in total. The first-order chi connectivity index (χ1) is 35.5. The van der Waals surface area contributed by atoms with Gasteiger partial charge in [0.15, 0.2) is 0 Å². The van der Waals surface area contributed by atoms with E-state index in [0.717, 1.165) is 46.1 Å². The zero-order valence-corrected chi connectivity index (χ0v) is 43.1. The maximum atomic E-state index is 15.1. The molecule has 3 aromatic rings. The van der Waals surface area contributed by atoms with Gasteiger partial charge in [0.1, 0.15) is 23.2 Å². The summed E-state index contributed by atoms with van der Waals surface area (Å²) >= 11 is 1.14. The number of rotatable bonds is 34. The molecule has 1 aliphatic rings. The minimum Gasteiger partial charge on any atom is -0.481 e. The molecule has 75 heavy (non-hydrogen) atoms. The van der Waals surface area contributed by atoms with E-state index in [0.29, 0.717) is 77.5 Å². The molecule has 0 bridgehead atoms. The molecule has 0 unspecified atom stereocenters. The van der Waals surface area contributed by atoms with Gasteiger partial charge in [0.25, 0.3) is 11.8 Å². The summed E-state index contributed by atoms with van der Waals surface area (Å²) in [5, 5.41) is 17.1. The summed E-state index contributed by atoms with van der Waals surface area (Å²) in [6.07, 6.45) is 0.299. The first-order valence-corrected chi connectivity index (χ1v) is 25.4. The van der Waals surface area contributed by atoms with Crippen molar-refractivity contribution < 1.29 is 84.7 Å². The summed E-state index contributed by atoms with van der Waals surface area (Å²) in [5.74, 6) is -7.47. The number of thioether (sulfide) groups is 1. The van der Waals surface area contributed by atoms with Crippen molar-refractivity contribution in [1.82, 2.24) is 14.4 Å². The molecule has 4 N–H and O–H groups in total. The van der Waals surface area contributed by atoms with E-state index < -0.39 is 58.9 Å². The Morgan fingerprint density at radius 1 is 0.760 bits per heavy atom. The van der Waals surface area contributed by atoms with Crippen LogP contribution in [0.3, 0.4) is 0 Å². The van der Waals surface area contributed by atoms with E-state index in [9.17, 15) is 51.4 Å². The van der Waals surface area contributed by atoms with E-state index >= 15 is 4.39 Å². The van der Waals surface area contributed by atoms with Gasteiger partial charge in [-0.1, -0.05) is 51.1 Å². The van der Waals surface area contributed by atoms with Gasteiger partial charge < -0.3 is 44.4 Å². The molecule has 2 atom stereocenters. The Morgan fingerprint density at radius 3 is 1.91 bits per heavy atom. The number of carboxylic acid groups (broad SMARTS) is 2. The maximum absolute atomic E-state index is 15.1. The van der Waals surface area contributed by atoms with Gasteiger partial charge in [0.05, 0.1) is 64.0 Å². The number of nitrogens with zero attached hydrogens (tertiary/aromatic N) is 3. The number of nitrogens with two attached hydrogens (primary N) is 1. The minimum absolute atomic E-state index is 0.0211. The molecule has 414 valence electrons. The summed E-state index contributed by atoms with van der Waals surface area (Å²) in [7, 11) is 0. The third-order valence-electron chi connectivity index (χ3n) is 11.2. The number of imide groups is 1. The van der Waals surface area contributed by atoms with E-state index in [2.05, 4.69) is 0 Å². The number of amides is 3. The summed E-state index contributed by atoms with van der Waals surface area (Å²) in [6.45, 7) is 9.41. The molecule has 1 aliphatic heterocycles. The predicted octanol–water partition coefficient (Wildman–Crippen LogP) is 6.89. The highest BCUT2D eigenvalue weighted by Gasteiger charge is 2.39. The van der Waals surface area contributed by atoms with Crippen molar-refractivity contribution in [3.05, 3.63) is 95.8 Å². The molecular weight excluding hydrogens is 1020 g/mol. The topological polar surface area (TPSA) is 234 Å². The summed E-state index contributed by atoms with van der Waals surface area (Å²) < 4.78 is 85.2. The first kappa shape index (κ1) is 63.4. The van der Waals surface area contributed by atoms with Crippen LogP contribution >= 0.6 is 11.8 Å². The lowest BCUT2D eigenvalue weighted by atomic mass is 9.83. The molecule has 23 heteroatoms. The average molecular weight is 1080 g/mol. The van der Waals surface area contributed by atoms with Crippen molar-refractivity contribution in [3.8, 4) is 11.1 Å². The van der Waals surface area contributed by atoms with Gasteiger partial charge in [-0.2, -0.15) is 24.9 Å². The number of ketones is 2. The van der Waals surface area contributed by atoms with Gasteiger partial charge in [0, 0.05) is 92.8 Å². The van der Waals surface area contributed by atoms with Crippen LogP contribution in [-0.4, -0.2) is 156 Å². The highest BCUT2D eigenvalue weighted by Crippen LogP contribution is 2.41. The fourth-order valence-corrected chi connectivity index (χ4v) is 8.57. The van der Waals surface area contributed by atoms with E-state index in [-0.39, 0.29) is 80.2 Å². The predicted molar refractivity (Wildman–Crippen MR) is 267 cm³/mol. The van der Waals surface area contributed by atoms with Gasteiger partial charge in [-0.25, -0.2) is 13.6 Å². The average Bonchev–Trinajstić information content (AvgIpc) is 3.90. The number of ether oxygens (including phenoxy) is 4. The van der Waals surface area contributed by atoms with E-state index in [4.69, 9.17) is 34.6 Å². The molecule has 0 fully saturated rings. The quantitative estimate of drug-likeness (QED) is 0.0314. The summed E-state index contributed by atoms with van der Waals surface area (Å²) in [5.41, 5.74) is 7.65. The third-order valence-corrected chi connectivity index (χ3v) is 12.3. The Labute approximate surface area is 436 Å². The van der Waals surface area contributed by atoms with Crippen LogP contribution in [0.2, 0.25) is 0 Å². The molecule has 2 heterocycles. The Hall–Kier alpha value is -5.85. The van der Waals surface area contributed by atoms with Crippen molar-refractivity contribution in [2.24, 2.45) is 17.1 Å². The molecule has 2 aromatic carbocycles. The number of carbonyl (C=O) groups excluding carboxylic acids is 5. The number of carboxylic acids is 2. The maximum Gasteiger partial charge on any atom is 0.490 e. The van der Waals surface area contributed by atoms with Gasteiger partial charge >= 0.3 is 18.1 Å². The van der Waals surface area contributed by atoms with Crippen LogP contribution in [0.15, 0.2) is 72.9 Å². The number of hydrogen-bond donors (Lipinski definition) is 3. The Bertz CT molecular complexity index is 2340. The lowest BCUT2D eigenvalue weighted by molar-refractivity contribution is -0.192. The molecule has 3 amide bonds.